The number of carbonyl (C=O) groups excluding carboxylic acids is 3. The molecule has 3 aromatic rings. The molecular weight excluding hydrogens is 468 g/mol. The van der Waals surface area contributed by atoms with E-state index in [9.17, 15) is 14.4 Å². The van der Waals surface area contributed by atoms with Crippen molar-refractivity contribution in [3.8, 4) is 11.4 Å². The number of hydrogen-bond acceptors (Lipinski definition) is 6. The highest BCUT2D eigenvalue weighted by Crippen LogP contribution is 2.25. The highest BCUT2D eigenvalue weighted by atomic mass is 16.2. The van der Waals surface area contributed by atoms with Gasteiger partial charge in [-0.05, 0) is 42.5 Å². The van der Waals surface area contributed by atoms with Gasteiger partial charge in [-0.1, -0.05) is 75.2 Å². The van der Waals surface area contributed by atoms with Crippen LogP contribution < -0.4 is 10.6 Å². The zero-order valence-electron chi connectivity index (χ0n) is 21.3. The van der Waals surface area contributed by atoms with Gasteiger partial charge in [-0.3, -0.25) is 14.4 Å². The molecule has 1 fully saturated rings. The van der Waals surface area contributed by atoms with Gasteiger partial charge in [-0.15, -0.1) is 10.2 Å². The second-order valence-electron chi connectivity index (χ2n) is 10.0. The van der Waals surface area contributed by atoms with Crippen molar-refractivity contribution < 1.29 is 14.4 Å². The molecule has 3 atom stereocenters. The van der Waals surface area contributed by atoms with Crippen LogP contribution in [0.4, 0.5) is 0 Å². The summed E-state index contributed by atoms with van der Waals surface area (Å²) >= 11 is 0. The Bertz CT molecular complexity index is 1190. The van der Waals surface area contributed by atoms with Gasteiger partial charge < -0.3 is 10.6 Å². The molecule has 2 aromatic carbocycles. The average molecular weight is 503 g/mol. The van der Waals surface area contributed by atoms with Gasteiger partial charge in [0.2, 0.25) is 11.7 Å². The first-order valence-corrected chi connectivity index (χ1v) is 12.9. The molecular formula is C28H34N6O3. The van der Waals surface area contributed by atoms with Crippen LogP contribution in [0.15, 0.2) is 60.7 Å². The summed E-state index contributed by atoms with van der Waals surface area (Å²) in [5.74, 6) is -0.326. The van der Waals surface area contributed by atoms with Gasteiger partial charge in [0.05, 0.1) is 12.0 Å². The lowest BCUT2D eigenvalue weighted by Crippen LogP contribution is -2.52. The second-order valence-corrected chi connectivity index (χ2v) is 10.0. The molecule has 0 radical (unpaired) electrons. The second kappa shape index (κ2) is 12.4. The molecule has 0 bridgehead atoms. The van der Waals surface area contributed by atoms with Crippen LogP contribution in [0, 0.1) is 11.8 Å². The van der Waals surface area contributed by atoms with E-state index < -0.39 is 12.0 Å². The van der Waals surface area contributed by atoms with Crippen molar-refractivity contribution in [2.24, 2.45) is 11.8 Å². The fourth-order valence-corrected chi connectivity index (χ4v) is 4.74. The standard InChI is InChI=1S/C28H34N6O3/c1-19(2)17-24(25(35)18-34-32-26(31-33-34)20-11-5-3-6-12-20)30-28(37)22-15-9-10-16-23(22)29-27(36)21-13-7-4-8-14-21/h3-8,11-14,19,22-24H,9-10,15-18H2,1-2H3,(H,29,36)(H,30,37)/t22-,23+,24+/m1/s1. The Morgan fingerprint density at radius 2 is 1.65 bits per heavy atom. The topological polar surface area (TPSA) is 119 Å². The molecule has 9 heteroatoms. The van der Waals surface area contributed by atoms with Crippen LogP contribution >= 0.6 is 0 Å². The Labute approximate surface area is 217 Å². The van der Waals surface area contributed by atoms with Gasteiger partial charge in [-0.25, -0.2) is 0 Å². The molecule has 1 aliphatic rings. The Morgan fingerprint density at radius 1 is 0.973 bits per heavy atom. The van der Waals surface area contributed by atoms with E-state index in [0.717, 1.165) is 24.8 Å². The predicted molar refractivity (Wildman–Crippen MR) is 139 cm³/mol. The van der Waals surface area contributed by atoms with Crippen LogP contribution in [0.5, 0.6) is 0 Å². The van der Waals surface area contributed by atoms with E-state index in [1.807, 2.05) is 62.4 Å². The number of amides is 2. The lowest BCUT2D eigenvalue weighted by atomic mass is 9.83. The lowest BCUT2D eigenvalue weighted by Gasteiger charge is -2.32. The Morgan fingerprint density at radius 3 is 2.35 bits per heavy atom. The molecule has 1 aromatic heterocycles. The number of ketones is 1. The number of Topliss-reactive ketones (excluding diaryl/α,β-unsaturated/α-hetero) is 1. The molecule has 2 amide bonds. The predicted octanol–water partition coefficient (Wildman–Crippen LogP) is 3.43. The largest absolute Gasteiger partial charge is 0.349 e. The summed E-state index contributed by atoms with van der Waals surface area (Å²) in [6, 6.07) is 17.5. The summed E-state index contributed by atoms with van der Waals surface area (Å²) in [6.07, 6.45) is 3.74. The molecule has 2 N–H and O–H groups in total. The zero-order valence-corrected chi connectivity index (χ0v) is 21.3. The molecule has 0 saturated heterocycles. The van der Waals surface area contributed by atoms with Crippen molar-refractivity contribution in [3.63, 3.8) is 0 Å². The van der Waals surface area contributed by atoms with Crippen molar-refractivity contribution in [1.29, 1.82) is 0 Å². The fraction of sp³-hybridized carbons (Fsp3) is 0.429. The summed E-state index contributed by atoms with van der Waals surface area (Å²) < 4.78 is 0. The number of aromatic nitrogens is 4. The minimum Gasteiger partial charge on any atom is -0.349 e. The van der Waals surface area contributed by atoms with E-state index in [2.05, 4.69) is 26.0 Å². The number of nitrogens with one attached hydrogen (secondary N) is 2. The monoisotopic (exact) mass is 502 g/mol. The molecule has 4 rings (SSSR count). The zero-order chi connectivity index (χ0) is 26.2. The van der Waals surface area contributed by atoms with E-state index in [4.69, 9.17) is 0 Å². The first kappa shape index (κ1) is 26.2. The summed E-state index contributed by atoms with van der Waals surface area (Å²) in [6.45, 7) is 3.94. The molecule has 1 heterocycles. The maximum absolute atomic E-state index is 13.4. The molecule has 194 valence electrons. The van der Waals surface area contributed by atoms with E-state index >= 15 is 0 Å². The van der Waals surface area contributed by atoms with Crippen molar-refractivity contribution in [3.05, 3.63) is 66.2 Å². The third-order valence-electron chi connectivity index (χ3n) is 6.65. The molecule has 9 nitrogen and oxygen atoms in total. The first-order chi connectivity index (χ1) is 17.9. The summed E-state index contributed by atoms with van der Waals surface area (Å²) in [4.78, 5) is 40.7. The van der Waals surface area contributed by atoms with Gasteiger partial charge in [0.15, 0.2) is 5.78 Å². The molecule has 0 unspecified atom stereocenters. The van der Waals surface area contributed by atoms with Crippen molar-refractivity contribution in [2.45, 2.75) is 64.6 Å². The number of hydrogen-bond donors (Lipinski definition) is 2. The van der Waals surface area contributed by atoms with Gasteiger partial charge in [-0.2, -0.15) is 4.80 Å². The first-order valence-electron chi connectivity index (χ1n) is 12.9. The van der Waals surface area contributed by atoms with Crippen LogP contribution in [0.3, 0.4) is 0 Å². The highest BCUT2D eigenvalue weighted by molar-refractivity contribution is 5.95. The van der Waals surface area contributed by atoms with Crippen LogP contribution in [-0.2, 0) is 16.1 Å². The normalized spacial score (nSPS) is 18.2. The molecule has 0 spiro atoms. The fourth-order valence-electron chi connectivity index (χ4n) is 4.74. The summed E-state index contributed by atoms with van der Waals surface area (Å²) in [7, 11) is 0. The Hall–Kier alpha value is -3.88. The molecule has 1 saturated carbocycles. The quantitative estimate of drug-likeness (QED) is 0.438. The number of carbonyl (C=O) groups is 3. The SMILES string of the molecule is CC(C)C[C@H](NC(=O)[C@@H]1CCCC[C@@H]1NC(=O)c1ccccc1)C(=O)Cn1nnc(-c2ccccc2)n1. The summed E-state index contributed by atoms with van der Waals surface area (Å²) in [5, 5.41) is 18.5. The Kier molecular flexibility index (Phi) is 8.77. The van der Waals surface area contributed by atoms with E-state index in [1.165, 1.54) is 4.80 Å². The van der Waals surface area contributed by atoms with E-state index in [1.54, 1.807) is 12.1 Å². The van der Waals surface area contributed by atoms with Gasteiger partial charge in [0, 0.05) is 17.2 Å². The van der Waals surface area contributed by atoms with Gasteiger partial charge >= 0.3 is 0 Å². The molecule has 1 aliphatic carbocycles. The van der Waals surface area contributed by atoms with E-state index in [0.29, 0.717) is 24.2 Å². The van der Waals surface area contributed by atoms with Crippen LogP contribution in [-0.4, -0.2) is 49.9 Å². The van der Waals surface area contributed by atoms with Crippen molar-refractivity contribution >= 4 is 17.6 Å². The maximum Gasteiger partial charge on any atom is 0.251 e. The van der Waals surface area contributed by atoms with Gasteiger partial charge in [0.25, 0.3) is 5.91 Å². The third kappa shape index (κ3) is 7.09. The van der Waals surface area contributed by atoms with Crippen molar-refractivity contribution in [1.82, 2.24) is 30.8 Å². The third-order valence-corrected chi connectivity index (χ3v) is 6.65. The molecule has 0 aliphatic heterocycles. The smallest absolute Gasteiger partial charge is 0.251 e. The number of benzene rings is 2. The maximum atomic E-state index is 13.4. The van der Waals surface area contributed by atoms with Gasteiger partial charge in [0.1, 0.15) is 6.54 Å². The number of rotatable bonds is 10. The Balaban J connectivity index is 1.42. The highest BCUT2D eigenvalue weighted by Gasteiger charge is 2.34. The number of nitrogens with zero attached hydrogens (tertiary/aromatic N) is 4. The average Bonchev–Trinajstić information content (AvgIpc) is 3.37. The van der Waals surface area contributed by atoms with Crippen LogP contribution in [0.25, 0.3) is 11.4 Å². The van der Waals surface area contributed by atoms with Crippen LogP contribution in [0.1, 0.15) is 56.3 Å². The molecule has 37 heavy (non-hydrogen) atoms. The minimum absolute atomic E-state index is 0.0870. The lowest BCUT2D eigenvalue weighted by molar-refractivity contribution is -0.132. The number of tetrazole rings is 1. The summed E-state index contributed by atoms with van der Waals surface area (Å²) in [5.41, 5.74) is 1.38. The van der Waals surface area contributed by atoms with Crippen molar-refractivity contribution in [2.75, 3.05) is 0 Å². The van der Waals surface area contributed by atoms with E-state index in [-0.39, 0.29) is 36.1 Å². The van der Waals surface area contributed by atoms with Crippen LogP contribution in [0.2, 0.25) is 0 Å². The minimum atomic E-state index is -0.675.